The first kappa shape index (κ1) is 15.9. The number of carbonyl (C=O) groups is 1. The number of likely N-dealkylation sites (tertiary alicyclic amines) is 1. The van der Waals surface area contributed by atoms with Gasteiger partial charge in [-0.1, -0.05) is 6.07 Å². The van der Waals surface area contributed by atoms with Gasteiger partial charge in [0.2, 0.25) is 0 Å². The summed E-state index contributed by atoms with van der Waals surface area (Å²) >= 11 is 0. The number of amides is 1. The van der Waals surface area contributed by atoms with Gasteiger partial charge in [0.15, 0.2) is 5.82 Å². The van der Waals surface area contributed by atoms with Gasteiger partial charge < -0.3 is 9.64 Å². The van der Waals surface area contributed by atoms with Crippen LogP contribution in [0.4, 0.5) is 4.39 Å². The van der Waals surface area contributed by atoms with Gasteiger partial charge in [-0.15, -0.1) is 0 Å². The van der Waals surface area contributed by atoms with Crippen LogP contribution in [0.1, 0.15) is 28.8 Å². The highest BCUT2D eigenvalue weighted by atomic mass is 19.1. The molecule has 0 aliphatic carbocycles. The van der Waals surface area contributed by atoms with Crippen molar-refractivity contribution in [3.8, 4) is 12.1 Å². The Morgan fingerprint density at radius 3 is 2.92 bits per heavy atom. The molecule has 0 bridgehead atoms. The molecule has 6 nitrogen and oxygen atoms in total. The lowest BCUT2D eigenvalue weighted by molar-refractivity contribution is 0.0515. The third kappa shape index (κ3) is 3.66. The van der Waals surface area contributed by atoms with Gasteiger partial charge in [0.05, 0.1) is 30.6 Å². The van der Waals surface area contributed by atoms with Crippen LogP contribution >= 0.6 is 0 Å². The van der Waals surface area contributed by atoms with E-state index in [-0.39, 0.29) is 18.0 Å². The quantitative estimate of drug-likeness (QED) is 0.863. The van der Waals surface area contributed by atoms with E-state index in [0.29, 0.717) is 24.2 Å². The van der Waals surface area contributed by atoms with E-state index in [1.807, 2.05) is 6.07 Å². The predicted molar refractivity (Wildman–Crippen MR) is 82.7 cm³/mol. The zero-order chi connectivity index (χ0) is 16.9. The molecule has 2 aromatic rings. The lowest BCUT2D eigenvalue weighted by atomic mass is 10.1. The molecule has 7 heteroatoms. The number of hydrogen-bond donors (Lipinski definition) is 0. The summed E-state index contributed by atoms with van der Waals surface area (Å²) < 4.78 is 18.5. The Kier molecular flexibility index (Phi) is 4.66. The fourth-order valence-corrected chi connectivity index (χ4v) is 2.63. The van der Waals surface area contributed by atoms with Gasteiger partial charge in [0.1, 0.15) is 6.10 Å². The minimum Gasteiger partial charge on any atom is -0.458 e. The molecule has 1 aromatic carbocycles. The molecule has 2 heterocycles. The number of rotatable bonds is 3. The Bertz CT molecular complexity index is 773. The fourth-order valence-electron chi connectivity index (χ4n) is 2.63. The van der Waals surface area contributed by atoms with Crippen LogP contribution < -0.4 is 4.74 Å². The Hall–Kier alpha value is -3.01. The van der Waals surface area contributed by atoms with Crippen molar-refractivity contribution in [3.05, 3.63) is 53.6 Å². The van der Waals surface area contributed by atoms with E-state index in [1.54, 1.807) is 29.2 Å². The van der Waals surface area contributed by atoms with Gasteiger partial charge in [-0.3, -0.25) is 4.79 Å². The van der Waals surface area contributed by atoms with Crippen LogP contribution in [-0.4, -0.2) is 40.0 Å². The molecule has 24 heavy (non-hydrogen) atoms. The summed E-state index contributed by atoms with van der Waals surface area (Å²) in [7, 11) is 0. The topological polar surface area (TPSA) is 79.1 Å². The first-order valence-corrected chi connectivity index (χ1v) is 7.59. The van der Waals surface area contributed by atoms with Crippen molar-refractivity contribution in [1.29, 1.82) is 5.26 Å². The van der Waals surface area contributed by atoms with E-state index in [9.17, 15) is 9.18 Å². The summed E-state index contributed by atoms with van der Waals surface area (Å²) in [5, 5.41) is 8.94. The fraction of sp³-hybridized carbons (Fsp3) is 0.294. The Morgan fingerprint density at radius 1 is 1.38 bits per heavy atom. The predicted octanol–water partition coefficient (Wildman–Crippen LogP) is 2.17. The van der Waals surface area contributed by atoms with Crippen molar-refractivity contribution in [1.82, 2.24) is 14.9 Å². The molecule has 1 atom stereocenters. The third-order valence-corrected chi connectivity index (χ3v) is 3.77. The van der Waals surface area contributed by atoms with Crippen LogP contribution in [0.25, 0.3) is 0 Å². The van der Waals surface area contributed by atoms with Crippen LogP contribution in [0.5, 0.6) is 6.01 Å². The maximum Gasteiger partial charge on any atom is 0.316 e. The Balaban J connectivity index is 1.67. The summed E-state index contributed by atoms with van der Waals surface area (Å²) in [6.07, 6.45) is 3.40. The van der Waals surface area contributed by atoms with Crippen LogP contribution in [0.15, 0.2) is 36.7 Å². The molecule has 0 radical (unpaired) electrons. The number of nitriles is 1. The number of nitrogens with zero attached hydrogens (tertiary/aromatic N) is 4. The molecular weight excluding hydrogens is 311 g/mol. The Morgan fingerprint density at radius 2 is 2.17 bits per heavy atom. The van der Waals surface area contributed by atoms with E-state index in [2.05, 4.69) is 9.97 Å². The van der Waals surface area contributed by atoms with Crippen molar-refractivity contribution in [2.24, 2.45) is 0 Å². The van der Waals surface area contributed by atoms with Crippen molar-refractivity contribution < 1.29 is 13.9 Å². The van der Waals surface area contributed by atoms with Crippen LogP contribution in [0.3, 0.4) is 0 Å². The number of piperidine rings is 1. The minimum atomic E-state index is -0.528. The highest BCUT2D eigenvalue weighted by Crippen LogP contribution is 2.18. The van der Waals surface area contributed by atoms with Gasteiger partial charge in [0.25, 0.3) is 5.91 Å². The molecule has 3 rings (SSSR count). The second kappa shape index (κ2) is 7.04. The van der Waals surface area contributed by atoms with Crippen molar-refractivity contribution in [3.63, 3.8) is 0 Å². The minimum absolute atomic E-state index is 0.0992. The van der Waals surface area contributed by atoms with Gasteiger partial charge in [-0.2, -0.15) is 5.26 Å². The highest BCUT2D eigenvalue weighted by molar-refractivity contribution is 5.94. The third-order valence-electron chi connectivity index (χ3n) is 3.77. The molecule has 0 saturated carbocycles. The lowest BCUT2D eigenvalue weighted by Gasteiger charge is -2.32. The molecular formula is C17H15FN4O2. The largest absolute Gasteiger partial charge is 0.458 e. The van der Waals surface area contributed by atoms with Gasteiger partial charge in [0, 0.05) is 12.1 Å². The SMILES string of the molecule is N#Cc1cccc(C(=O)N2CCC[C@H](Oc3ncc(F)cn3)C2)c1. The molecule has 1 fully saturated rings. The normalized spacial score (nSPS) is 17.2. The summed E-state index contributed by atoms with van der Waals surface area (Å²) in [6, 6.07) is 8.75. The number of hydrogen-bond acceptors (Lipinski definition) is 5. The summed E-state index contributed by atoms with van der Waals surface area (Å²) in [4.78, 5) is 21.8. The molecule has 1 aliphatic rings. The molecule has 1 saturated heterocycles. The number of halogens is 1. The summed E-state index contributed by atoms with van der Waals surface area (Å²) in [5.74, 6) is -0.666. The smallest absolute Gasteiger partial charge is 0.316 e. The van der Waals surface area contributed by atoms with Crippen molar-refractivity contribution >= 4 is 5.91 Å². The summed E-state index contributed by atoms with van der Waals surface area (Å²) in [6.45, 7) is 1.02. The summed E-state index contributed by atoms with van der Waals surface area (Å²) in [5.41, 5.74) is 0.929. The van der Waals surface area contributed by atoms with Gasteiger partial charge >= 0.3 is 6.01 Å². The van der Waals surface area contributed by atoms with Crippen LogP contribution in [0, 0.1) is 17.1 Å². The van der Waals surface area contributed by atoms with Crippen molar-refractivity contribution in [2.75, 3.05) is 13.1 Å². The maximum atomic E-state index is 12.8. The maximum absolute atomic E-state index is 12.8. The zero-order valence-corrected chi connectivity index (χ0v) is 12.9. The van der Waals surface area contributed by atoms with E-state index >= 15 is 0 Å². The number of carbonyl (C=O) groups excluding carboxylic acids is 1. The molecule has 1 amide bonds. The standard InChI is InChI=1S/C17H15FN4O2/c18-14-9-20-17(21-10-14)24-15-5-2-6-22(11-15)16(23)13-4-1-3-12(7-13)8-19/h1,3-4,7,9-10,15H,2,5-6,11H2/t15-/m0/s1. The second-order valence-electron chi connectivity index (χ2n) is 5.51. The number of aromatic nitrogens is 2. The first-order valence-electron chi connectivity index (χ1n) is 7.59. The van der Waals surface area contributed by atoms with E-state index in [4.69, 9.17) is 10.00 Å². The van der Waals surface area contributed by atoms with Gasteiger partial charge in [-0.25, -0.2) is 14.4 Å². The monoisotopic (exact) mass is 326 g/mol. The number of ether oxygens (including phenoxy) is 1. The molecule has 1 aromatic heterocycles. The second-order valence-corrected chi connectivity index (χ2v) is 5.51. The van der Waals surface area contributed by atoms with E-state index in [0.717, 1.165) is 25.2 Å². The molecule has 0 unspecified atom stereocenters. The molecule has 0 N–H and O–H groups in total. The van der Waals surface area contributed by atoms with Crippen LogP contribution in [-0.2, 0) is 0 Å². The van der Waals surface area contributed by atoms with E-state index < -0.39 is 5.82 Å². The Labute approximate surface area is 138 Å². The first-order chi connectivity index (χ1) is 11.7. The zero-order valence-electron chi connectivity index (χ0n) is 12.9. The van der Waals surface area contributed by atoms with E-state index in [1.165, 1.54) is 0 Å². The average Bonchev–Trinajstić information content (AvgIpc) is 2.63. The molecule has 122 valence electrons. The van der Waals surface area contributed by atoms with Crippen molar-refractivity contribution in [2.45, 2.75) is 18.9 Å². The molecule has 1 aliphatic heterocycles. The lowest BCUT2D eigenvalue weighted by Crippen LogP contribution is -2.44. The highest BCUT2D eigenvalue weighted by Gasteiger charge is 2.26. The number of benzene rings is 1. The molecule has 0 spiro atoms. The average molecular weight is 326 g/mol. The van der Waals surface area contributed by atoms with Gasteiger partial charge in [-0.05, 0) is 31.0 Å². The van der Waals surface area contributed by atoms with Crippen LogP contribution in [0.2, 0.25) is 0 Å².